The Hall–Kier alpha value is -2.54. The van der Waals surface area contributed by atoms with Gasteiger partial charge in [-0.3, -0.25) is 9.10 Å². The van der Waals surface area contributed by atoms with Gasteiger partial charge in [-0.1, -0.05) is 31.2 Å². The van der Waals surface area contributed by atoms with Crippen LogP contribution < -0.4 is 14.4 Å². The van der Waals surface area contributed by atoms with Gasteiger partial charge in [0.15, 0.2) is 6.10 Å². The highest BCUT2D eigenvalue weighted by Gasteiger charge is 2.20. The van der Waals surface area contributed by atoms with Gasteiger partial charge in [0, 0.05) is 7.05 Å². The van der Waals surface area contributed by atoms with Crippen LogP contribution in [0.15, 0.2) is 48.5 Å². The third-order valence-corrected chi connectivity index (χ3v) is 5.87. The number of aryl methyl sites for hydroxylation is 1. The van der Waals surface area contributed by atoms with Crippen LogP contribution in [0.5, 0.6) is 5.75 Å². The molecule has 6 nitrogen and oxygen atoms in total. The van der Waals surface area contributed by atoms with Crippen LogP contribution in [0, 0.1) is 6.92 Å². The van der Waals surface area contributed by atoms with Crippen LogP contribution in [0.3, 0.4) is 0 Å². The Labute approximate surface area is 167 Å². The molecule has 2 rings (SSSR count). The Morgan fingerprint density at radius 2 is 1.75 bits per heavy atom. The van der Waals surface area contributed by atoms with Gasteiger partial charge in [-0.25, -0.2) is 8.42 Å². The maximum Gasteiger partial charge on any atom is 0.261 e. The first kappa shape index (κ1) is 21.8. The predicted molar refractivity (Wildman–Crippen MR) is 112 cm³/mol. The normalized spacial score (nSPS) is 13.5. The number of ether oxygens (including phenoxy) is 1. The van der Waals surface area contributed by atoms with E-state index in [4.69, 9.17) is 4.74 Å². The van der Waals surface area contributed by atoms with E-state index < -0.39 is 16.1 Å². The monoisotopic (exact) mass is 404 g/mol. The van der Waals surface area contributed by atoms with Gasteiger partial charge in [-0.2, -0.15) is 0 Å². The lowest BCUT2D eigenvalue weighted by Gasteiger charge is -2.22. The van der Waals surface area contributed by atoms with E-state index in [1.54, 1.807) is 31.2 Å². The summed E-state index contributed by atoms with van der Waals surface area (Å²) in [6.07, 6.45) is 1.23. The molecule has 0 aromatic heterocycles. The number of hydrogen-bond donors (Lipinski definition) is 1. The van der Waals surface area contributed by atoms with Gasteiger partial charge in [0.1, 0.15) is 5.75 Å². The molecule has 1 N–H and O–H groups in total. The molecule has 0 fully saturated rings. The molecule has 0 saturated heterocycles. The smallest absolute Gasteiger partial charge is 0.261 e. The molecule has 0 aliphatic heterocycles. The first-order chi connectivity index (χ1) is 13.1. The van der Waals surface area contributed by atoms with Crippen LogP contribution in [0.1, 0.15) is 37.4 Å². The lowest BCUT2D eigenvalue weighted by atomic mass is 9.99. The summed E-state index contributed by atoms with van der Waals surface area (Å²) in [6.45, 7) is 5.75. The van der Waals surface area contributed by atoms with Crippen molar-refractivity contribution in [3.8, 4) is 5.75 Å². The van der Waals surface area contributed by atoms with Gasteiger partial charge in [-0.05, 0) is 55.7 Å². The number of amides is 1. The zero-order valence-electron chi connectivity index (χ0n) is 17.0. The highest BCUT2D eigenvalue weighted by molar-refractivity contribution is 7.92. The maximum atomic E-state index is 12.6. The number of nitrogens with one attached hydrogen (secondary N) is 1. The molecule has 2 aromatic carbocycles. The Balaban J connectivity index is 2.03. The number of anilines is 1. The number of rotatable bonds is 8. The summed E-state index contributed by atoms with van der Waals surface area (Å²) in [6, 6.07) is 14.5. The Bertz CT molecular complexity index is 910. The number of sulfonamides is 1. The first-order valence-corrected chi connectivity index (χ1v) is 11.0. The summed E-state index contributed by atoms with van der Waals surface area (Å²) in [5.41, 5.74) is 2.75. The summed E-state index contributed by atoms with van der Waals surface area (Å²) in [4.78, 5) is 12.6. The Morgan fingerprint density at radius 3 is 2.29 bits per heavy atom. The minimum absolute atomic E-state index is 0.0782. The molecule has 0 saturated carbocycles. The van der Waals surface area contributed by atoms with Gasteiger partial charge in [0.05, 0.1) is 18.0 Å². The summed E-state index contributed by atoms with van der Waals surface area (Å²) in [5.74, 6) is 0.296. The fourth-order valence-electron chi connectivity index (χ4n) is 2.85. The van der Waals surface area contributed by atoms with Gasteiger partial charge in [-0.15, -0.1) is 0 Å². The lowest BCUT2D eigenvalue weighted by Crippen LogP contribution is -2.38. The topological polar surface area (TPSA) is 75.7 Å². The molecule has 0 aliphatic rings. The largest absolute Gasteiger partial charge is 0.481 e. The number of carbonyl (C=O) groups excluding carboxylic acids is 1. The molecule has 28 heavy (non-hydrogen) atoms. The van der Waals surface area contributed by atoms with E-state index in [1.165, 1.54) is 11.4 Å². The first-order valence-electron chi connectivity index (χ1n) is 9.20. The molecular weight excluding hydrogens is 376 g/mol. The van der Waals surface area contributed by atoms with Gasteiger partial charge in [0.25, 0.3) is 5.91 Å². The summed E-state index contributed by atoms with van der Waals surface area (Å²) >= 11 is 0. The van der Waals surface area contributed by atoms with E-state index >= 15 is 0 Å². The molecule has 0 aliphatic carbocycles. The van der Waals surface area contributed by atoms with Gasteiger partial charge in [0.2, 0.25) is 10.0 Å². The standard InChI is InChI=1S/C21H28N2O4S/c1-6-20(19-10-8-7-9-15(19)2)22-21(24)16(3)27-18-13-11-17(12-14-18)23(4)28(5,25)26/h7-14,16,20H,6H2,1-5H3,(H,22,24)/t16-,20+/m1/s1. The number of nitrogens with zero attached hydrogens (tertiary/aromatic N) is 1. The van der Waals surface area contributed by atoms with Crippen molar-refractivity contribution in [3.63, 3.8) is 0 Å². The van der Waals surface area contributed by atoms with Crippen molar-refractivity contribution in [2.24, 2.45) is 0 Å². The van der Waals surface area contributed by atoms with Crippen molar-refractivity contribution >= 4 is 21.6 Å². The van der Waals surface area contributed by atoms with E-state index in [0.29, 0.717) is 11.4 Å². The Morgan fingerprint density at radius 1 is 1.14 bits per heavy atom. The minimum atomic E-state index is -3.32. The van der Waals surface area contributed by atoms with Crippen LogP contribution in [0.25, 0.3) is 0 Å². The molecule has 2 aromatic rings. The minimum Gasteiger partial charge on any atom is -0.481 e. The summed E-state index contributed by atoms with van der Waals surface area (Å²) in [7, 11) is -1.84. The Kier molecular flexibility index (Phi) is 7.07. The third-order valence-electron chi connectivity index (χ3n) is 4.67. The lowest BCUT2D eigenvalue weighted by molar-refractivity contribution is -0.128. The number of benzene rings is 2. The van der Waals surface area contributed by atoms with Crippen LogP contribution in [0.2, 0.25) is 0 Å². The molecule has 1 amide bonds. The van der Waals surface area contributed by atoms with Crippen molar-refractivity contribution in [2.75, 3.05) is 17.6 Å². The van der Waals surface area contributed by atoms with Crippen molar-refractivity contribution in [1.82, 2.24) is 5.32 Å². The van der Waals surface area contributed by atoms with E-state index in [9.17, 15) is 13.2 Å². The predicted octanol–water partition coefficient (Wildman–Crippen LogP) is 3.43. The van der Waals surface area contributed by atoms with Crippen LogP contribution in [0.4, 0.5) is 5.69 Å². The second kappa shape index (κ2) is 9.10. The second-order valence-electron chi connectivity index (χ2n) is 6.81. The molecule has 0 radical (unpaired) electrons. The van der Waals surface area contributed by atoms with Crippen LogP contribution in [-0.2, 0) is 14.8 Å². The zero-order chi connectivity index (χ0) is 20.9. The van der Waals surface area contributed by atoms with E-state index in [1.807, 2.05) is 38.1 Å². The molecule has 0 spiro atoms. The van der Waals surface area contributed by atoms with Gasteiger partial charge < -0.3 is 10.1 Å². The average molecular weight is 405 g/mol. The molecule has 7 heteroatoms. The molecule has 2 atom stereocenters. The van der Waals surface area contributed by atoms with E-state index in [2.05, 4.69) is 5.32 Å². The molecular formula is C21H28N2O4S. The molecule has 152 valence electrons. The van der Waals surface area contributed by atoms with Gasteiger partial charge >= 0.3 is 0 Å². The SMILES string of the molecule is CC[C@H](NC(=O)[C@@H](C)Oc1ccc(N(C)S(C)(=O)=O)cc1)c1ccccc1C. The summed E-state index contributed by atoms with van der Waals surface area (Å²) in [5, 5.41) is 3.04. The summed E-state index contributed by atoms with van der Waals surface area (Å²) < 4.78 is 30.1. The molecule has 0 bridgehead atoms. The maximum absolute atomic E-state index is 12.6. The fourth-order valence-corrected chi connectivity index (χ4v) is 3.35. The van der Waals surface area contributed by atoms with Crippen LogP contribution >= 0.6 is 0 Å². The van der Waals surface area contributed by atoms with E-state index in [0.717, 1.165) is 23.8 Å². The number of hydrogen-bond acceptors (Lipinski definition) is 4. The van der Waals surface area contributed by atoms with Crippen molar-refractivity contribution in [2.45, 2.75) is 39.3 Å². The van der Waals surface area contributed by atoms with Crippen molar-refractivity contribution in [1.29, 1.82) is 0 Å². The molecule has 0 unspecified atom stereocenters. The molecule has 0 heterocycles. The van der Waals surface area contributed by atoms with Crippen LogP contribution in [-0.4, -0.2) is 33.7 Å². The van der Waals surface area contributed by atoms with E-state index in [-0.39, 0.29) is 11.9 Å². The number of carbonyl (C=O) groups is 1. The fraction of sp³-hybridized carbons (Fsp3) is 0.381. The van der Waals surface area contributed by atoms with Crippen molar-refractivity contribution < 1.29 is 17.9 Å². The zero-order valence-corrected chi connectivity index (χ0v) is 17.8. The third kappa shape index (κ3) is 5.48. The highest BCUT2D eigenvalue weighted by Crippen LogP contribution is 2.23. The van der Waals surface area contributed by atoms with Crippen molar-refractivity contribution in [3.05, 3.63) is 59.7 Å². The quantitative estimate of drug-likeness (QED) is 0.731. The second-order valence-corrected chi connectivity index (χ2v) is 8.82. The highest BCUT2D eigenvalue weighted by atomic mass is 32.2. The average Bonchev–Trinajstić information content (AvgIpc) is 2.65.